The Morgan fingerprint density at radius 2 is 2.25 bits per heavy atom. The first-order valence-corrected chi connectivity index (χ1v) is 5.33. The molecule has 16 heavy (non-hydrogen) atoms. The summed E-state index contributed by atoms with van der Waals surface area (Å²) in [5.41, 5.74) is 2.93. The van der Waals surface area contributed by atoms with Crippen LogP contribution in [-0.4, -0.2) is 17.6 Å². The molecular formula is C13H12N2O. The van der Waals surface area contributed by atoms with Gasteiger partial charge in [0.05, 0.1) is 25.0 Å². The second-order valence-corrected chi connectivity index (χ2v) is 4.36. The number of ether oxygens (including phenoxy) is 1. The fourth-order valence-electron chi connectivity index (χ4n) is 2.43. The minimum absolute atomic E-state index is 0.447. The zero-order valence-corrected chi connectivity index (χ0v) is 9.10. The molecule has 0 radical (unpaired) electrons. The molecule has 0 saturated carbocycles. The summed E-state index contributed by atoms with van der Waals surface area (Å²) in [4.78, 5) is 0. The van der Waals surface area contributed by atoms with Gasteiger partial charge in [-0.2, -0.15) is 5.26 Å². The van der Waals surface area contributed by atoms with Crippen LogP contribution in [0.2, 0.25) is 0 Å². The first-order valence-electron chi connectivity index (χ1n) is 5.33. The molecule has 80 valence electrons. The molecule has 1 aliphatic rings. The number of nitriles is 1. The Bertz CT molecular complexity index is 587. The summed E-state index contributed by atoms with van der Waals surface area (Å²) >= 11 is 0. The molecule has 0 spiro atoms. The Labute approximate surface area is 93.9 Å². The molecule has 1 aliphatic heterocycles. The van der Waals surface area contributed by atoms with Crippen molar-refractivity contribution in [2.45, 2.75) is 12.3 Å². The highest BCUT2D eigenvalue weighted by Gasteiger charge is 2.43. The Morgan fingerprint density at radius 1 is 1.44 bits per heavy atom. The second kappa shape index (κ2) is 3.10. The van der Waals surface area contributed by atoms with Crippen LogP contribution in [0.15, 0.2) is 30.5 Å². The maximum absolute atomic E-state index is 9.35. The predicted octanol–water partition coefficient (Wildman–Crippen LogP) is 2.04. The summed E-state index contributed by atoms with van der Waals surface area (Å²) in [5, 5.41) is 9.35. The summed E-state index contributed by atoms with van der Waals surface area (Å²) in [6, 6.07) is 10.6. The molecule has 0 aliphatic carbocycles. The van der Waals surface area contributed by atoms with Crippen LogP contribution >= 0.6 is 0 Å². The first kappa shape index (κ1) is 9.44. The summed E-state index contributed by atoms with van der Waals surface area (Å²) in [5.74, 6) is 0. The largest absolute Gasteiger partial charge is 0.377 e. The smallest absolute Gasteiger partial charge is 0.144 e. The number of nitrogens with zero attached hydrogens (tertiary/aromatic N) is 2. The van der Waals surface area contributed by atoms with Crippen molar-refractivity contribution in [2.75, 3.05) is 13.2 Å². The lowest BCUT2D eigenvalue weighted by atomic mass is 9.82. The Kier molecular flexibility index (Phi) is 1.83. The van der Waals surface area contributed by atoms with Gasteiger partial charge in [-0.15, -0.1) is 0 Å². The Morgan fingerprint density at radius 3 is 2.88 bits per heavy atom. The van der Waals surface area contributed by atoms with Crippen LogP contribution in [-0.2, 0) is 10.2 Å². The van der Waals surface area contributed by atoms with Gasteiger partial charge in [0.2, 0.25) is 0 Å². The molecule has 2 aromatic rings. The highest BCUT2D eigenvalue weighted by Crippen LogP contribution is 2.35. The Balaban J connectivity index is 2.31. The van der Waals surface area contributed by atoms with Gasteiger partial charge >= 0.3 is 0 Å². The van der Waals surface area contributed by atoms with Crippen LogP contribution in [0, 0.1) is 18.3 Å². The van der Waals surface area contributed by atoms with E-state index in [1.165, 1.54) is 0 Å². The van der Waals surface area contributed by atoms with Crippen molar-refractivity contribution in [1.82, 2.24) is 4.40 Å². The van der Waals surface area contributed by atoms with E-state index in [2.05, 4.69) is 29.5 Å². The Hall–Kier alpha value is -1.79. The molecule has 3 rings (SSSR count). The zero-order valence-electron chi connectivity index (χ0n) is 9.10. The number of hydrogen-bond acceptors (Lipinski definition) is 2. The van der Waals surface area contributed by atoms with Crippen molar-refractivity contribution in [2.24, 2.45) is 0 Å². The lowest BCUT2D eigenvalue weighted by Gasteiger charge is -2.35. The van der Waals surface area contributed by atoms with Crippen LogP contribution in [0.1, 0.15) is 11.3 Å². The SMILES string of the molecule is Cc1cc2ccccn2c1C1(C#N)COC1. The molecule has 0 atom stereocenters. The highest BCUT2D eigenvalue weighted by molar-refractivity contribution is 5.56. The average Bonchev–Trinajstić information content (AvgIpc) is 2.56. The standard InChI is InChI=1S/C13H12N2O/c1-10-6-11-4-2-3-5-15(11)12(10)13(7-14)8-16-9-13/h2-6H,8-9H2,1H3. The van der Waals surface area contributed by atoms with Crippen molar-refractivity contribution in [3.8, 4) is 6.07 Å². The molecule has 1 fully saturated rings. The minimum atomic E-state index is -0.447. The van der Waals surface area contributed by atoms with E-state index in [0.29, 0.717) is 13.2 Å². The lowest BCUT2D eigenvalue weighted by Crippen LogP contribution is -2.46. The predicted molar refractivity (Wildman–Crippen MR) is 60.2 cm³/mol. The minimum Gasteiger partial charge on any atom is -0.377 e. The van der Waals surface area contributed by atoms with Crippen LogP contribution in [0.3, 0.4) is 0 Å². The van der Waals surface area contributed by atoms with Gasteiger partial charge in [0.1, 0.15) is 5.41 Å². The van der Waals surface area contributed by atoms with E-state index in [1.807, 2.05) is 18.3 Å². The van der Waals surface area contributed by atoms with E-state index in [-0.39, 0.29) is 0 Å². The maximum atomic E-state index is 9.35. The molecule has 0 amide bonds. The average molecular weight is 212 g/mol. The van der Waals surface area contributed by atoms with Crippen molar-refractivity contribution < 1.29 is 4.74 Å². The van der Waals surface area contributed by atoms with Crippen molar-refractivity contribution in [3.05, 3.63) is 41.7 Å². The van der Waals surface area contributed by atoms with Gasteiger partial charge in [-0.3, -0.25) is 0 Å². The summed E-state index contributed by atoms with van der Waals surface area (Å²) < 4.78 is 7.32. The van der Waals surface area contributed by atoms with Crippen molar-refractivity contribution >= 4 is 5.52 Å². The summed E-state index contributed by atoms with van der Waals surface area (Å²) in [6.45, 7) is 3.07. The second-order valence-electron chi connectivity index (χ2n) is 4.36. The highest BCUT2D eigenvalue weighted by atomic mass is 16.5. The number of aromatic nitrogens is 1. The molecule has 0 bridgehead atoms. The van der Waals surface area contributed by atoms with Gasteiger partial charge in [-0.05, 0) is 30.7 Å². The summed E-state index contributed by atoms with van der Waals surface area (Å²) in [7, 11) is 0. The fourth-order valence-corrected chi connectivity index (χ4v) is 2.43. The number of hydrogen-bond donors (Lipinski definition) is 0. The van der Waals surface area contributed by atoms with Gasteiger partial charge in [-0.1, -0.05) is 6.07 Å². The zero-order chi connectivity index (χ0) is 11.2. The molecule has 3 heteroatoms. The fraction of sp³-hybridized carbons (Fsp3) is 0.308. The molecule has 0 N–H and O–H groups in total. The third kappa shape index (κ3) is 1.05. The van der Waals surface area contributed by atoms with Crippen LogP contribution in [0.4, 0.5) is 0 Å². The van der Waals surface area contributed by atoms with E-state index in [0.717, 1.165) is 16.8 Å². The molecule has 3 heterocycles. The van der Waals surface area contributed by atoms with Crippen LogP contribution in [0.25, 0.3) is 5.52 Å². The van der Waals surface area contributed by atoms with Crippen molar-refractivity contribution in [3.63, 3.8) is 0 Å². The van der Waals surface area contributed by atoms with E-state index in [9.17, 15) is 5.26 Å². The topological polar surface area (TPSA) is 37.4 Å². The maximum Gasteiger partial charge on any atom is 0.144 e. The van der Waals surface area contributed by atoms with E-state index in [1.54, 1.807) is 0 Å². The molecular weight excluding hydrogens is 200 g/mol. The van der Waals surface area contributed by atoms with Gasteiger partial charge in [0, 0.05) is 11.7 Å². The first-order chi connectivity index (χ1) is 7.77. The number of aryl methyl sites for hydroxylation is 1. The van der Waals surface area contributed by atoms with Gasteiger partial charge in [0.15, 0.2) is 0 Å². The lowest BCUT2D eigenvalue weighted by molar-refractivity contribution is -0.0323. The number of pyridine rings is 1. The molecule has 2 aromatic heterocycles. The third-order valence-corrected chi connectivity index (χ3v) is 3.23. The molecule has 1 saturated heterocycles. The van der Waals surface area contributed by atoms with Gasteiger partial charge in [-0.25, -0.2) is 0 Å². The van der Waals surface area contributed by atoms with E-state index >= 15 is 0 Å². The monoisotopic (exact) mass is 212 g/mol. The molecule has 3 nitrogen and oxygen atoms in total. The van der Waals surface area contributed by atoms with Gasteiger partial charge < -0.3 is 9.14 Å². The van der Waals surface area contributed by atoms with E-state index < -0.39 is 5.41 Å². The number of rotatable bonds is 1. The van der Waals surface area contributed by atoms with Crippen molar-refractivity contribution in [1.29, 1.82) is 5.26 Å². The summed E-state index contributed by atoms with van der Waals surface area (Å²) in [6.07, 6.45) is 2.01. The van der Waals surface area contributed by atoms with Crippen LogP contribution < -0.4 is 0 Å². The molecule has 0 unspecified atom stereocenters. The van der Waals surface area contributed by atoms with Crippen LogP contribution in [0.5, 0.6) is 0 Å². The number of fused-ring (bicyclic) bond motifs is 1. The molecule has 0 aromatic carbocycles. The van der Waals surface area contributed by atoms with Gasteiger partial charge in [0.25, 0.3) is 0 Å². The quantitative estimate of drug-likeness (QED) is 0.725. The normalized spacial score (nSPS) is 18.0. The van der Waals surface area contributed by atoms with E-state index in [4.69, 9.17) is 4.74 Å². The third-order valence-electron chi connectivity index (χ3n) is 3.23.